The highest BCUT2D eigenvalue weighted by Gasteiger charge is 2.30. The summed E-state index contributed by atoms with van der Waals surface area (Å²) in [6.45, 7) is 1.21. The monoisotopic (exact) mass is 390 g/mol. The van der Waals surface area contributed by atoms with Crippen LogP contribution in [0.2, 0.25) is 0 Å². The van der Waals surface area contributed by atoms with Gasteiger partial charge in [-0.3, -0.25) is 9.10 Å². The molecule has 26 heavy (non-hydrogen) atoms. The zero-order chi connectivity index (χ0) is 19.6. The zero-order valence-electron chi connectivity index (χ0n) is 13.6. The molecule has 140 valence electrons. The molecule has 0 saturated heterocycles. The maximum absolute atomic E-state index is 13.4. The Bertz CT molecular complexity index is 951. The normalized spacial score (nSPS) is 12.5. The lowest BCUT2D eigenvalue weighted by Crippen LogP contribution is -2.45. The summed E-state index contributed by atoms with van der Waals surface area (Å²) in [4.78, 5) is 12.3. The van der Waals surface area contributed by atoms with Crippen LogP contribution >= 0.6 is 0 Å². The Balaban J connectivity index is 2.34. The van der Waals surface area contributed by atoms with Crippen LogP contribution in [-0.2, 0) is 14.8 Å². The van der Waals surface area contributed by atoms with Crippen molar-refractivity contribution in [1.29, 1.82) is 0 Å². The summed E-state index contributed by atoms with van der Waals surface area (Å²) in [6, 6.07) is 3.58. The van der Waals surface area contributed by atoms with Crippen molar-refractivity contribution in [2.24, 2.45) is 0 Å². The minimum Gasteiger partial charge on any atom is -0.324 e. The molecule has 0 aromatic heterocycles. The van der Waals surface area contributed by atoms with Crippen LogP contribution in [0.5, 0.6) is 0 Å². The van der Waals surface area contributed by atoms with Crippen LogP contribution < -0.4 is 9.62 Å². The smallest absolute Gasteiger partial charge is 0.247 e. The van der Waals surface area contributed by atoms with Crippen LogP contribution in [0.4, 0.5) is 28.9 Å². The number of carbonyl (C=O) groups excluding carboxylic acids is 1. The van der Waals surface area contributed by atoms with Gasteiger partial charge in [-0.2, -0.15) is 0 Å². The quantitative estimate of drug-likeness (QED) is 0.798. The van der Waals surface area contributed by atoms with E-state index >= 15 is 0 Å². The molecule has 1 N–H and O–H groups in total. The summed E-state index contributed by atoms with van der Waals surface area (Å²) in [5, 5.41) is 2.24. The van der Waals surface area contributed by atoms with Gasteiger partial charge in [0, 0.05) is 17.8 Å². The molecule has 0 saturated carbocycles. The number of sulfonamides is 1. The highest BCUT2D eigenvalue weighted by atomic mass is 32.2. The number of rotatable bonds is 5. The zero-order valence-corrected chi connectivity index (χ0v) is 14.5. The Morgan fingerprint density at radius 2 is 1.50 bits per heavy atom. The van der Waals surface area contributed by atoms with Crippen LogP contribution in [-0.4, -0.2) is 26.6 Å². The molecule has 10 heteroatoms. The number of hydrogen-bond donors (Lipinski definition) is 1. The van der Waals surface area contributed by atoms with Gasteiger partial charge in [-0.25, -0.2) is 26.0 Å². The van der Waals surface area contributed by atoms with E-state index in [4.69, 9.17) is 0 Å². The first-order valence-corrected chi connectivity index (χ1v) is 9.06. The lowest BCUT2D eigenvalue weighted by Gasteiger charge is -2.28. The minimum absolute atomic E-state index is 0.0977. The maximum Gasteiger partial charge on any atom is 0.247 e. The molecule has 1 atom stereocenters. The summed E-state index contributed by atoms with van der Waals surface area (Å²) >= 11 is 0. The first kappa shape index (κ1) is 19.7. The second-order valence-corrected chi connectivity index (χ2v) is 7.31. The van der Waals surface area contributed by atoms with E-state index in [1.54, 1.807) is 0 Å². The van der Waals surface area contributed by atoms with Crippen molar-refractivity contribution in [2.45, 2.75) is 13.0 Å². The predicted octanol–water partition coefficient (Wildman–Crippen LogP) is 3.04. The van der Waals surface area contributed by atoms with Crippen molar-refractivity contribution in [3.05, 3.63) is 59.7 Å². The van der Waals surface area contributed by atoms with Gasteiger partial charge in [0.05, 0.1) is 11.9 Å². The Kier molecular flexibility index (Phi) is 5.55. The lowest BCUT2D eigenvalue weighted by molar-refractivity contribution is -0.116. The van der Waals surface area contributed by atoms with Gasteiger partial charge >= 0.3 is 0 Å². The van der Waals surface area contributed by atoms with Crippen LogP contribution in [0.1, 0.15) is 6.92 Å². The number of amides is 1. The molecule has 2 aromatic rings. The third-order valence-electron chi connectivity index (χ3n) is 3.43. The summed E-state index contributed by atoms with van der Waals surface area (Å²) in [6.07, 6.45) is 0.787. The fourth-order valence-electron chi connectivity index (χ4n) is 2.25. The number of carbonyl (C=O) groups is 1. The van der Waals surface area contributed by atoms with E-state index in [0.29, 0.717) is 10.4 Å². The molecule has 0 fully saturated rings. The van der Waals surface area contributed by atoms with Gasteiger partial charge in [-0.05, 0) is 31.2 Å². The number of anilines is 2. The highest BCUT2D eigenvalue weighted by molar-refractivity contribution is 7.92. The molecule has 1 amide bonds. The van der Waals surface area contributed by atoms with Crippen molar-refractivity contribution in [3.63, 3.8) is 0 Å². The molecule has 0 spiro atoms. The van der Waals surface area contributed by atoms with Crippen molar-refractivity contribution in [2.75, 3.05) is 15.9 Å². The molecule has 2 aromatic carbocycles. The molecular formula is C16H14F4N2O3S. The average molecular weight is 390 g/mol. The Labute approximate surface area is 147 Å². The van der Waals surface area contributed by atoms with Crippen LogP contribution in [0.25, 0.3) is 0 Å². The van der Waals surface area contributed by atoms with Crippen molar-refractivity contribution >= 4 is 27.3 Å². The van der Waals surface area contributed by atoms with Crippen molar-refractivity contribution in [1.82, 2.24) is 0 Å². The van der Waals surface area contributed by atoms with E-state index in [2.05, 4.69) is 5.32 Å². The van der Waals surface area contributed by atoms with Crippen LogP contribution in [0.3, 0.4) is 0 Å². The third-order valence-corrected chi connectivity index (χ3v) is 4.67. The first-order chi connectivity index (χ1) is 12.0. The fourth-order valence-corrected chi connectivity index (χ4v) is 3.42. The number of nitrogens with one attached hydrogen (secondary N) is 1. The van der Waals surface area contributed by atoms with Gasteiger partial charge in [-0.1, -0.05) is 0 Å². The van der Waals surface area contributed by atoms with Crippen LogP contribution in [0.15, 0.2) is 36.4 Å². The summed E-state index contributed by atoms with van der Waals surface area (Å²) in [5.74, 6) is -5.66. The molecule has 0 aliphatic rings. The average Bonchev–Trinajstić information content (AvgIpc) is 2.53. The molecular weight excluding hydrogens is 376 g/mol. The first-order valence-electron chi connectivity index (χ1n) is 7.21. The fraction of sp³-hybridized carbons (Fsp3) is 0.188. The summed E-state index contributed by atoms with van der Waals surface area (Å²) in [7, 11) is -4.05. The van der Waals surface area contributed by atoms with Gasteiger partial charge in [0.2, 0.25) is 15.9 Å². The van der Waals surface area contributed by atoms with E-state index in [1.807, 2.05) is 0 Å². The largest absolute Gasteiger partial charge is 0.324 e. The number of halogens is 4. The van der Waals surface area contributed by atoms with Gasteiger partial charge in [0.15, 0.2) is 23.3 Å². The highest BCUT2D eigenvalue weighted by Crippen LogP contribution is 2.24. The summed E-state index contributed by atoms with van der Waals surface area (Å²) < 4.78 is 77.4. The standard InChI is InChI=1S/C16H14F4N2O3S/c1-9(16(23)21-10-3-5-12(17)14(19)7-10)22(26(2,24)25)11-4-6-13(18)15(20)8-11/h3-9H,1-2H3,(H,21,23)/t9-/m0/s1. The van der Waals surface area contributed by atoms with Gasteiger partial charge in [-0.15, -0.1) is 0 Å². The predicted molar refractivity (Wildman–Crippen MR) is 88.1 cm³/mol. The third kappa shape index (κ3) is 4.31. The number of nitrogens with zero attached hydrogens (tertiary/aromatic N) is 1. The van der Waals surface area contributed by atoms with Crippen molar-refractivity contribution in [3.8, 4) is 0 Å². The molecule has 2 rings (SSSR count). The molecule has 5 nitrogen and oxygen atoms in total. The SMILES string of the molecule is C[C@@H](C(=O)Nc1ccc(F)c(F)c1)N(c1ccc(F)c(F)c1)S(C)(=O)=O. The molecule has 0 aliphatic heterocycles. The van der Waals surface area contributed by atoms with Gasteiger partial charge in [0.25, 0.3) is 0 Å². The summed E-state index contributed by atoms with van der Waals surface area (Å²) in [5.41, 5.74) is -0.362. The molecule has 0 bridgehead atoms. The Hall–Kier alpha value is -2.62. The number of hydrogen-bond acceptors (Lipinski definition) is 3. The molecule has 0 aliphatic carbocycles. The van der Waals surface area contributed by atoms with Gasteiger partial charge in [0.1, 0.15) is 6.04 Å². The minimum atomic E-state index is -4.05. The van der Waals surface area contributed by atoms with E-state index in [9.17, 15) is 30.8 Å². The Morgan fingerprint density at radius 1 is 0.962 bits per heavy atom. The van der Waals surface area contributed by atoms with Gasteiger partial charge < -0.3 is 5.32 Å². The Morgan fingerprint density at radius 3 is 2.00 bits per heavy atom. The second kappa shape index (κ2) is 7.32. The van der Waals surface area contributed by atoms with Crippen molar-refractivity contribution < 1.29 is 30.8 Å². The van der Waals surface area contributed by atoms with E-state index in [1.165, 1.54) is 6.92 Å². The van der Waals surface area contributed by atoms with E-state index in [-0.39, 0.29) is 11.4 Å². The maximum atomic E-state index is 13.4. The molecule has 0 heterocycles. The van der Waals surface area contributed by atoms with Crippen LogP contribution in [0, 0.1) is 23.3 Å². The molecule has 0 radical (unpaired) electrons. The second-order valence-electron chi connectivity index (χ2n) is 5.45. The lowest BCUT2D eigenvalue weighted by atomic mass is 10.2. The van der Waals surface area contributed by atoms with E-state index in [0.717, 1.165) is 36.6 Å². The molecule has 0 unspecified atom stereocenters. The number of benzene rings is 2. The topological polar surface area (TPSA) is 66.5 Å². The van der Waals surface area contributed by atoms with E-state index < -0.39 is 45.2 Å².